The molecule has 1 aromatic carbocycles. The number of hydrogen-bond acceptors (Lipinski definition) is 8. The molecule has 0 spiro atoms. The summed E-state index contributed by atoms with van der Waals surface area (Å²) in [7, 11) is 0. The molecule has 0 unspecified atom stereocenters. The lowest BCUT2D eigenvalue weighted by Gasteiger charge is -2.24. The van der Waals surface area contributed by atoms with Crippen molar-refractivity contribution in [2.45, 2.75) is 38.8 Å². The molecule has 34 heavy (non-hydrogen) atoms. The van der Waals surface area contributed by atoms with E-state index in [0.717, 1.165) is 11.8 Å². The van der Waals surface area contributed by atoms with E-state index in [9.17, 15) is 24.9 Å². The number of benzene rings is 1. The van der Waals surface area contributed by atoms with Crippen molar-refractivity contribution in [3.8, 4) is 17.5 Å². The van der Waals surface area contributed by atoms with Crippen molar-refractivity contribution in [2.24, 2.45) is 0 Å². The van der Waals surface area contributed by atoms with Gasteiger partial charge in [-0.25, -0.2) is 9.59 Å². The number of carbonyl (C=O) groups is 2. The molecule has 1 aromatic heterocycles. The van der Waals surface area contributed by atoms with Gasteiger partial charge in [0.25, 0.3) is 5.88 Å². The summed E-state index contributed by atoms with van der Waals surface area (Å²) in [5, 5.41) is 31.5. The van der Waals surface area contributed by atoms with Gasteiger partial charge in [-0.05, 0) is 38.5 Å². The first-order chi connectivity index (χ1) is 15.9. The highest BCUT2D eigenvalue weighted by Gasteiger charge is 2.28. The number of carbonyl (C=O) groups excluding carboxylic acids is 2. The van der Waals surface area contributed by atoms with Crippen molar-refractivity contribution in [3.05, 3.63) is 35.9 Å². The van der Waals surface area contributed by atoms with E-state index in [-0.39, 0.29) is 6.42 Å². The van der Waals surface area contributed by atoms with Crippen molar-refractivity contribution in [1.29, 1.82) is 0 Å². The second-order valence-corrected chi connectivity index (χ2v) is 9.11. The molecule has 4 N–H and O–H groups in total. The number of nitrogens with one attached hydrogen (secondary N) is 1. The lowest BCUT2D eigenvalue weighted by molar-refractivity contribution is -0.148. The molecular formula is C22H29Cl2N3O7. The first-order valence-corrected chi connectivity index (χ1v) is 11.5. The van der Waals surface area contributed by atoms with Crippen LogP contribution in [0.25, 0.3) is 0 Å². The summed E-state index contributed by atoms with van der Waals surface area (Å²) < 4.78 is 5.58. The van der Waals surface area contributed by atoms with E-state index >= 15 is 0 Å². The maximum absolute atomic E-state index is 12.8. The fraction of sp³-hybridized carbons (Fsp3) is 0.455. The van der Waals surface area contributed by atoms with E-state index in [4.69, 9.17) is 32.8 Å². The largest absolute Gasteiger partial charge is 0.503 e. The van der Waals surface area contributed by atoms with Crippen LogP contribution in [0.5, 0.6) is 17.5 Å². The average Bonchev–Trinajstić information content (AvgIpc) is 2.98. The highest BCUT2D eigenvalue weighted by molar-refractivity contribution is 6.18. The summed E-state index contributed by atoms with van der Waals surface area (Å²) in [5.41, 5.74) is 0.765. The van der Waals surface area contributed by atoms with Crippen LogP contribution < -0.4 is 15.1 Å². The summed E-state index contributed by atoms with van der Waals surface area (Å²) in [6.45, 7) is 6.24. The molecule has 0 saturated carbocycles. The van der Waals surface area contributed by atoms with Crippen LogP contribution in [-0.4, -0.2) is 68.6 Å². The van der Waals surface area contributed by atoms with Crippen LogP contribution in [0.1, 0.15) is 26.3 Å². The number of alkyl carbamates (subject to hydrolysis) is 1. The van der Waals surface area contributed by atoms with Gasteiger partial charge in [0.1, 0.15) is 11.6 Å². The number of nitrogens with zero attached hydrogens (tertiary/aromatic N) is 2. The first kappa shape index (κ1) is 27.3. The van der Waals surface area contributed by atoms with Crippen LogP contribution in [0, 0.1) is 0 Å². The zero-order chi connectivity index (χ0) is 25.5. The third kappa shape index (κ3) is 7.81. The molecule has 12 heteroatoms. The van der Waals surface area contributed by atoms with Gasteiger partial charge in [-0.3, -0.25) is 0 Å². The van der Waals surface area contributed by atoms with E-state index in [1.807, 2.05) is 17.0 Å². The molecule has 2 rings (SSSR count). The van der Waals surface area contributed by atoms with Crippen molar-refractivity contribution in [3.63, 3.8) is 0 Å². The number of ether oxygens (including phenoxy) is 1. The van der Waals surface area contributed by atoms with Crippen LogP contribution in [0.2, 0.25) is 0 Å². The van der Waals surface area contributed by atoms with Gasteiger partial charge in [0.15, 0.2) is 5.75 Å². The molecule has 0 radical (unpaired) electrons. The Balaban J connectivity index is 2.23. The minimum Gasteiger partial charge on any atom is -0.503 e. The normalized spacial score (nSPS) is 12.1. The maximum Gasteiger partial charge on any atom is 0.408 e. The van der Waals surface area contributed by atoms with Gasteiger partial charge < -0.3 is 35.1 Å². The monoisotopic (exact) mass is 517 g/mol. The van der Waals surface area contributed by atoms with Crippen LogP contribution in [0.4, 0.5) is 10.5 Å². The van der Waals surface area contributed by atoms with Crippen LogP contribution >= 0.6 is 23.2 Å². The quantitative estimate of drug-likeness (QED) is 0.353. The Kier molecular flexibility index (Phi) is 9.57. The number of hydrogen-bond donors (Lipinski definition) is 4. The third-order valence-corrected chi connectivity index (χ3v) is 4.84. The van der Waals surface area contributed by atoms with E-state index in [1.54, 1.807) is 32.9 Å². The molecule has 1 amide bonds. The molecule has 1 heterocycles. The lowest BCUT2D eigenvalue weighted by Crippen LogP contribution is -2.47. The molecule has 0 fully saturated rings. The van der Waals surface area contributed by atoms with Gasteiger partial charge >= 0.3 is 12.1 Å². The fourth-order valence-corrected chi connectivity index (χ4v) is 3.41. The number of aromatic hydroxyl groups is 3. The molecule has 10 nitrogen and oxygen atoms in total. The van der Waals surface area contributed by atoms with Crippen LogP contribution in [0.3, 0.4) is 0 Å². The smallest absolute Gasteiger partial charge is 0.408 e. The van der Waals surface area contributed by atoms with E-state index in [1.165, 1.54) is 0 Å². The van der Waals surface area contributed by atoms with Crippen LogP contribution in [0.15, 0.2) is 30.3 Å². The van der Waals surface area contributed by atoms with Crippen molar-refractivity contribution in [1.82, 2.24) is 10.0 Å². The summed E-state index contributed by atoms with van der Waals surface area (Å²) >= 11 is 11.7. The number of rotatable bonds is 10. The molecule has 2 aromatic rings. The second-order valence-electron chi connectivity index (χ2n) is 8.35. The SMILES string of the molecule is CC(C)(C)OC(=O)N[C@@H](Cc1ccc(N(CCCl)CCCl)cc1)C(=O)On1c(O)cc(O)c1O. The maximum atomic E-state index is 12.8. The Morgan fingerprint density at radius 3 is 2.15 bits per heavy atom. The molecule has 0 saturated heterocycles. The summed E-state index contributed by atoms with van der Waals surface area (Å²) in [5.74, 6) is -2.41. The van der Waals surface area contributed by atoms with Gasteiger partial charge in [-0.15, -0.1) is 27.9 Å². The molecule has 0 aliphatic rings. The second kappa shape index (κ2) is 11.9. The van der Waals surface area contributed by atoms with Gasteiger partial charge in [0.05, 0.1) is 0 Å². The summed E-state index contributed by atoms with van der Waals surface area (Å²) in [4.78, 5) is 32.2. The Hall–Kier alpha value is -2.98. The number of amides is 1. The van der Waals surface area contributed by atoms with Crippen molar-refractivity contribution < 1.29 is 34.5 Å². The predicted octanol–water partition coefficient (Wildman–Crippen LogP) is 2.98. The fourth-order valence-electron chi connectivity index (χ4n) is 3.00. The lowest BCUT2D eigenvalue weighted by atomic mass is 10.1. The third-order valence-electron chi connectivity index (χ3n) is 4.50. The molecular weight excluding hydrogens is 489 g/mol. The number of anilines is 1. The average molecular weight is 518 g/mol. The van der Waals surface area contributed by atoms with Gasteiger partial charge in [0.2, 0.25) is 5.88 Å². The standard InChI is InChI=1S/C22H29Cl2N3O7/c1-22(2,3)33-21(32)25-16(20(31)34-27-18(29)13-17(28)19(27)30)12-14-4-6-15(7-5-14)26(10-8-23)11-9-24/h4-7,13,16,28-30H,8-12H2,1-3H3,(H,25,32)/t16-/m0/s1. The molecule has 0 bridgehead atoms. The Bertz CT molecular complexity index is 968. The van der Waals surface area contributed by atoms with Gasteiger partial charge in [-0.1, -0.05) is 12.1 Å². The molecule has 0 aliphatic heterocycles. The van der Waals surface area contributed by atoms with E-state index < -0.39 is 41.2 Å². The zero-order valence-corrected chi connectivity index (χ0v) is 20.6. The number of halogens is 2. The topological polar surface area (TPSA) is 133 Å². The predicted molar refractivity (Wildman–Crippen MR) is 128 cm³/mol. The van der Waals surface area contributed by atoms with Crippen LogP contribution in [-0.2, 0) is 16.0 Å². The molecule has 0 aliphatic carbocycles. The summed E-state index contributed by atoms with van der Waals surface area (Å²) in [6.07, 6.45) is -0.844. The minimum absolute atomic E-state index is 0.0120. The van der Waals surface area contributed by atoms with Gasteiger partial charge in [-0.2, -0.15) is 0 Å². The Morgan fingerprint density at radius 1 is 1.09 bits per heavy atom. The minimum atomic E-state index is -1.24. The first-order valence-electron chi connectivity index (χ1n) is 10.4. The number of alkyl halides is 2. The highest BCUT2D eigenvalue weighted by Crippen LogP contribution is 2.31. The summed E-state index contributed by atoms with van der Waals surface area (Å²) in [6, 6.07) is 6.78. The Morgan fingerprint density at radius 2 is 1.68 bits per heavy atom. The Labute approximate surface area is 207 Å². The van der Waals surface area contributed by atoms with Gasteiger partial charge in [0, 0.05) is 43.0 Å². The molecule has 188 valence electrons. The van der Waals surface area contributed by atoms with Crippen molar-refractivity contribution in [2.75, 3.05) is 29.7 Å². The molecule has 1 atom stereocenters. The highest BCUT2D eigenvalue weighted by atomic mass is 35.5. The van der Waals surface area contributed by atoms with E-state index in [2.05, 4.69) is 5.32 Å². The van der Waals surface area contributed by atoms with E-state index in [0.29, 0.717) is 35.1 Å². The van der Waals surface area contributed by atoms with Crippen molar-refractivity contribution >= 4 is 41.0 Å². The zero-order valence-electron chi connectivity index (χ0n) is 19.1. The number of aromatic nitrogens is 1.